The summed E-state index contributed by atoms with van der Waals surface area (Å²) < 4.78 is 12.0. The Labute approximate surface area is 189 Å². The molecule has 32 heavy (non-hydrogen) atoms. The van der Waals surface area contributed by atoms with Gasteiger partial charge in [-0.1, -0.05) is 18.2 Å². The first-order valence-corrected chi connectivity index (χ1v) is 11.5. The molecule has 1 spiro atoms. The van der Waals surface area contributed by atoms with Crippen molar-refractivity contribution in [3.05, 3.63) is 24.3 Å². The lowest BCUT2D eigenvalue weighted by atomic mass is 9.74. The fourth-order valence-electron chi connectivity index (χ4n) is 5.77. The van der Waals surface area contributed by atoms with Crippen molar-refractivity contribution in [2.24, 2.45) is 11.8 Å². The molecular formula is C24H34N2O6. The highest BCUT2D eigenvalue weighted by Crippen LogP contribution is 2.57. The van der Waals surface area contributed by atoms with E-state index >= 15 is 0 Å². The van der Waals surface area contributed by atoms with Crippen LogP contribution in [0.1, 0.15) is 47.0 Å². The smallest absolute Gasteiger partial charge is 0.313 e. The minimum atomic E-state index is -1.23. The second-order valence-electron chi connectivity index (χ2n) is 10.4. The van der Waals surface area contributed by atoms with Crippen LogP contribution in [0.2, 0.25) is 0 Å². The van der Waals surface area contributed by atoms with Crippen LogP contribution in [0.3, 0.4) is 0 Å². The molecule has 4 rings (SSSR count). The lowest BCUT2D eigenvalue weighted by Gasteiger charge is -2.41. The van der Waals surface area contributed by atoms with Crippen LogP contribution < -0.4 is 0 Å². The predicted octanol–water partition coefficient (Wildman–Crippen LogP) is 1.43. The molecule has 0 aromatic rings. The number of fused-ring (bicyclic) bond motifs is 2. The number of esters is 1. The van der Waals surface area contributed by atoms with Crippen LogP contribution >= 0.6 is 0 Å². The van der Waals surface area contributed by atoms with Gasteiger partial charge in [-0.05, 0) is 53.0 Å². The van der Waals surface area contributed by atoms with E-state index in [-0.39, 0.29) is 25.0 Å². The highest BCUT2D eigenvalue weighted by Gasteiger charge is 2.74. The number of unbranched alkanes of at least 4 members (excludes halogenated alkanes) is 2. The Bertz CT molecular complexity index is 861. The van der Waals surface area contributed by atoms with Crippen molar-refractivity contribution < 1.29 is 29.0 Å². The summed E-state index contributed by atoms with van der Waals surface area (Å²) in [4.78, 5) is 44.2. The molecule has 4 aliphatic heterocycles. The van der Waals surface area contributed by atoms with Crippen LogP contribution in [0.5, 0.6) is 0 Å². The molecule has 1 N–H and O–H groups in total. The molecule has 2 amide bonds. The van der Waals surface area contributed by atoms with Gasteiger partial charge >= 0.3 is 5.97 Å². The van der Waals surface area contributed by atoms with E-state index in [1.54, 1.807) is 28.9 Å². The van der Waals surface area contributed by atoms with Crippen molar-refractivity contribution in [3.8, 4) is 0 Å². The number of aliphatic hydroxyl groups is 1. The molecule has 5 atom stereocenters. The molecule has 1 unspecified atom stereocenters. The van der Waals surface area contributed by atoms with E-state index < -0.39 is 40.6 Å². The number of ether oxygens (including phenoxy) is 2. The highest BCUT2D eigenvalue weighted by molar-refractivity contribution is 5.99. The van der Waals surface area contributed by atoms with Crippen molar-refractivity contribution in [2.45, 2.75) is 69.7 Å². The number of cyclic esters (lactones) is 1. The number of hydrogen-bond acceptors (Lipinski definition) is 6. The van der Waals surface area contributed by atoms with Gasteiger partial charge in [-0.15, -0.1) is 0 Å². The Hall–Kier alpha value is -2.19. The van der Waals surface area contributed by atoms with E-state index in [1.165, 1.54) is 0 Å². The van der Waals surface area contributed by atoms with E-state index in [9.17, 15) is 14.4 Å². The van der Waals surface area contributed by atoms with Gasteiger partial charge in [0.1, 0.15) is 24.2 Å². The second kappa shape index (κ2) is 7.99. The van der Waals surface area contributed by atoms with Crippen LogP contribution in [0.25, 0.3) is 0 Å². The topological polar surface area (TPSA) is 96.4 Å². The second-order valence-corrected chi connectivity index (χ2v) is 10.4. The van der Waals surface area contributed by atoms with Gasteiger partial charge in [0.2, 0.25) is 11.8 Å². The fraction of sp³-hybridized carbons (Fsp3) is 0.708. The third kappa shape index (κ3) is 3.39. The fourth-order valence-corrected chi connectivity index (χ4v) is 5.77. The summed E-state index contributed by atoms with van der Waals surface area (Å²) in [6.45, 7) is 8.72. The molecule has 2 fully saturated rings. The van der Waals surface area contributed by atoms with E-state index in [1.807, 2.05) is 32.9 Å². The summed E-state index contributed by atoms with van der Waals surface area (Å²) in [5.74, 6) is -2.53. The first kappa shape index (κ1) is 23.0. The summed E-state index contributed by atoms with van der Waals surface area (Å²) in [6, 6.07) is -0.850. The zero-order valence-electron chi connectivity index (χ0n) is 19.4. The Kier molecular flexibility index (Phi) is 5.74. The maximum atomic E-state index is 14.0. The maximum absolute atomic E-state index is 14.0. The number of aliphatic hydroxyl groups excluding tert-OH is 1. The van der Waals surface area contributed by atoms with Crippen molar-refractivity contribution in [1.82, 2.24) is 9.80 Å². The van der Waals surface area contributed by atoms with Crippen molar-refractivity contribution >= 4 is 17.8 Å². The van der Waals surface area contributed by atoms with E-state index in [4.69, 9.17) is 14.6 Å². The number of hydrogen-bond donors (Lipinski definition) is 1. The van der Waals surface area contributed by atoms with Gasteiger partial charge in [0.05, 0.1) is 11.5 Å². The van der Waals surface area contributed by atoms with Crippen LogP contribution in [0.4, 0.5) is 0 Å². The summed E-state index contributed by atoms with van der Waals surface area (Å²) in [5.41, 5.74) is -2.70. The lowest BCUT2D eigenvalue weighted by Crippen LogP contribution is -2.59. The number of carbonyl (C=O) groups excluding carboxylic acids is 3. The molecule has 2 saturated heterocycles. The van der Waals surface area contributed by atoms with Gasteiger partial charge < -0.3 is 24.4 Å². The molecule has 0 bridgehead atoms. The quantitative estimate of drug-likeness (QED) is 0.390. The Balaban J connectivity index is 1.80. The number of rotatable bonds is 5. The molecule has 176 valence electrons. The first-order chi connectivity index (χ1) is 15.1. The van der Waals surface area contributed by atoms with Crippen LogP contribution in [-0.4, -0.2) is 81.8 Å². The van der Waals surface area contributed by atoms with Gasteiger partial charge in [0.25, 0.3) is 0 Å². The summed E-state index contributed by atoms with van der Waals surface area (Å²) in [5, 5.41) is 9.12. The number of carbonyl (C=O) groups is 3. The van der Waals surface area contributed by atoms with Gasteiger partial charge in [0.15, 0.2) is 0 Å². The van der Waals surface area contributed by atoms with Gasteiger partial charge in [-0.25, -0.2) is 0 Å². The molecule has 8 nitrogen and oxygen atoms in total. The Morgan fingerprint density at radius 2 is 1.81 bits per heavy atom. The minimum Gasteiger partial charge on any atom is -0.461 e. The maximum Gasteiger partial charge on any atom is 0.313 e. The largest absolute Gasteiger partial charge is 0.461 e. The van der Waals surface area contributed by atoms with Gasteiger partial charge in [-0.3, -0.25) is 14.4 Å². The van der Waals surface area contributed by atoms with Crippen LogP contribution in [-0.2, 0) is 23.9 Å². The summed E-state index contributed by atoms with van der Waals surface area (Å²) in [7, 11) is 0. The van der Waals surface area contributed by atoms with Crippen LogP contribution in [0, 0.1) is 11.8 Å². The SMILES string of the molecule is CC(C)(C)N1CC=C[C@]23O[C@@]4(C)C=CCOC(=O)[C@H]4[C@H]2C(=O)N(CCCCCO)C3C1=O. The molecular weight excluding hydrogens is 412 g/mol. The number of nitrogens with zero attached hydrogens (tertiary/aromatic N) is 2. The Morgan fingerprint density at radius 3 is 2.50 bits per heavy atom. The monoisotopic (exact) mass is 446 g/mol. The normalized spacial score (nSPS) is 36.5. The van der Waals surface area contributed by atoms with Crippen molar-refractivity contribution in [3.63, 3.8) is 0 Å². The number of likely N-dealkylation sites (tertiary alicyclic amines) is 1. The zero-order valence-corrected chi connectivity index (χ0v) is 19.4. The highest BCUT2D eigenvalue weighted by atomic mass is 16.6. The van der Waals surface area contributed by atoms with Gasteiger partial charge in [-0.2, -0.15) is 0 Å². The predicted molar refractivity (Wildman–Crippen MR) is 116 cm³/mol. The van der Waals surface area contributed by atoms with Crippen LogP contribution in [0.15, 0.2) is 24.3 Å². The lowest BCUT2D eigenvalue weighted by molar-refractivity contribution is -0.158. The first-order valence-electron chi connectivity index (χ1n) is 11.5. The minimum absolute atomic E-state index is 0.0884. The third-order valence-electron chi connectivity index (χ3n) is 7.18. The molecule has 8 heteroatoms. The van der Waals surface area contributed by atoms with E-state index in [0.29, 0.717) is 25.9 Å². The van der Waals surface area contributed by atoms with E-state index in [2.05, 4.69) is 0 Å². The van der Waals surface area contributed by atoms with Crippen molar-refractivity contribution in [1.29, 1.82) is 0 Å². The molecule has 0 aromatic carbocycles. The third-order valence-corrected chi connectivity index (χ3v) is 7.18. The van der Waals surface area contributed by atoms with Gasteiger partial charge in [0, 0.05) is 25.2 Å². The number of amides is 2. The molecule has 4 heterocycles. The average molecular weight is 447 g/mol. The molecule has 0 aromatic heterocycles. The van der Waals surface area contributed by atoms with Crippen molar-refractivity contribution in [2.75, 3.05) is 26.3 Å². The standard InChI is InChI=1S/C24H34N2O6/c1-22(2,3)26-13-8-11-24-16(17-21(30)31-15-9-10-23(17,4)32-24)19(28)25(18(24)20(26)29)12-6-5-7-14-27/h8-11,16-18,27H,5-7,12-15H2,1-4H3/t16-,17+,18?,23-,24-/m0/s1. The zero-order chi connectivity index (χ0) is 23.3. The Morgan fingerprint density at radius 1 is 1.06 bits per heavy atom. The molecule has 0 radical (unpaired) electrons. The molecule has 4 aliphatic rings. The summed E-state index contributed by atoms with van der Waals surface area (Å²) in [6.07, 6.45) is 9.31. The molecule has 0 aliphatic carbocycles. The molecule has 0 saturated carbocycles. The van der Waals surface area contributed by atoms with E-state index in [0.717, 1.165) is 6.42 Å². The average Bonchev–Trinajstić information content (AvgIpc) is 2.95. The summed E-state index contributed by atoms with van der Waals surface area (Å²) >= 11 is 0.